The molecule has 0 aromatic heterocycles. The van der Waals surface area contributed by atoms with Crippen LogP contribution in [0.25, 0.3) is 0 Å². The van der Waals surface area contributed by atoms with Gasteiger partial charge in [-0.3, -0.25) is 0 Å². The van der Waals surface area contributed by atoms with Crippen LogP contribution in [0.4, 0.5) is 0 Å². The molecule has 0 aliphatic heterocycles. The van der Waals surface area contributed by atoms with E-state index < -0.39 is 0 Å². The molecule has 202 valence electrons. The van der Waals surface area contributed by atoms with Crippen molar-refractivity contribution in [2.24, 2.45) is 0 Å². The van der Waals surface area contributed by atoms with Crippen LogP contribution >= 0.6 is 21.6 Å². The van der Waals surface area contributed by atoms with Crippen LogP contribution in [0.15, 0.2) is 58.3 Å². The van der Waals surface area contributed by atoms with E-state index in [9.17, 15) is 0 Å². The number of hydrogen-bond acceptors (Lipinski definition) is 4. The van der Waals surface area contributed by atoms with Gasteiger partial charge in [0, 0.05) is 9.79 Å². The number of benzene rings is 2. The first-order valence-electron chi connectivity index (χ1n) is 14.5. The smallest absolute Gasteiger partial charge is 0.119 e. The van der Waals surface area contributed by atoms with Gasteiger partial charge < -0.3 is 9.47 Å². The lowest BCUT2D eigenvalue weighted by molar-refractivity contribution is 0.206. The van der Waals surface area contributed by atoms with Crippen LogP contribution in [-0.2, 0) is 0 Å². The molecule has 0 fully saturated rings. The highest BCUT2D eigenvalue weighted by Crippen LogP contribution is 2.38. The largest absolute Gasteiger partial charge is 0.491 e. The summed E-state index contributed by atoms with van der Waals surface area (Å²) < 4.78 is 12.2. The van der Waals surface area contributed by atoms with Gasteiger partial charge in [0.1, 0.15) is 11.5 Å². The molecule has 0 saturated carbocycles. The molecular weight excluding hydrogens is 480 g/mol. The fourth-order valence-corrected chi connectivity index (χ4v) is 6.18. The van der Waals surface area contributed by atoms with Crippen molar-refractivity contribution in [3.8, 4) is 11.5 Å². The van der Waals surface area contributed by atoms with Gasteiger partial charge in [-0.15, -0.1) is 0 Å². The Hall–Kier alpha value is -1.26. The summed E-state index contributed by atoms with van der Waals surface area (Å²) in [6.07, 6.45) is 18.8. The Morgan fingerprint density at radius 1 is 0.500 bits per heavy atom. The van der Waals surface area contributed by atoms with Crippen molar-refractivity contribution in [2.45, 2.75) is 140 Å². The van der Waals surface area contributed by atoms with E-state index in [1.165, 1.54) is 86.8 Å². The molecule has 0 aliphatic carbocycles. The van der Waals surface area contributed by atoms with E-state index in [-0.39, 0.29) is 12.2 Å². The maximum Gasteiger partial charge on any atom is 0.119 e. The van der Waals surface area contributed by atoms with E-state index in [0.717, 1.165) is 24.3 Å². The molecule has 2 aromatic rings. The second-order valence-corrected chi connectivity index (χ2v) is 12.4. The summed E-state index contributed by atoms with van der Waals surface area (Å²) >= 11 is 0. The summed E-state index contributed by atoms with van der Waals surface area (Å²) in [6.45, 7) is 8.91. The van der Waals surface area contributed by atoms with E-state index in [1.54, 1.807) is 21.6 Å². The van der Waals surface area contributed by atoms with Crippen molar-refractivity contribution in [3.05, 3.63) is 48.5 Å². The summed E-state index contributed by atoms with van der Waals surface area (Å²) in [4.78, 5) is 2.48. The third kappa shape index (κ3) is 14.5. The molecule has 4 heteroatoms. The minimum Gasteiger partial charge on any atom is -0.491 e. The molecule has 0 heterocycles. The fraction of sp³-hybridized carbons (Fsp3) is 0.625. The standard InChI is InChI=1S/C32H50O2S2/c1-5-7-9-11-13-15-17-27(3)33-29-19-23-31(24-20-29)35-36-32-25-21-30(22-26-32)34-28(4)18-16-14-12-10-8-6-2/h19-28H,5-18H2,1-4H3. The summed E-state index contributed by atoms with van der Waals surface area (Å²) in [5, 5.41) is 0. The molecule has 2 atom stereocenters. The Morgan fingerprint density at radius 3 is 1.19 bits per heavy atom. The first-order chi connectivity index (χ1) is 17.6. The zero-order chi connectivity index (χ0) is 25.8. The van der Waals surface area contributed by atoms with Gasteiger partial charge in [-0.05, 0) is 88.1 Å². The van der Waals surface area contributed by atoms with Crippen LogP contribution in [0, 0.1) is 0 Å². The average Bonchev–Trinajstić information content (AvgIpc) is 2.88. The van der Waals surface area contributed by atoms with Gasteiger partial charge in [0.25, 0.3) is 0 Å². The average molecular weight is 531 g/mol. The second kappa shape index (κ2) is 19.8. The summed E-state index contributed by atoms with van der Waals surface area (Å²) in [6, 6.07) is 17.0. The Morgan fingerprint density at radius 2 is 0.833 bits per heavy atom. The lowest BCUT2D eigenvalue weighted by Crippen LogP contribution is -2.11. The molecular formula is C32H50O2S2. The van der Waals surface area contributed by atoms with Crippen molar-refractivity contribution in [3.63, 3.8) is 0 Å². The molecule has 0 spiro atoms. The first-order valence-corrected chi connectivity index (χ1v) is 16.6. The van der Waals surface area contributed by atoms with E-state index >= 15 is 0 Å². The third-order valence-corrected chi connectivity index (χ3v) is 8.90. The fourth-order valence-electron chi connectivity index (χ4n) is 4.25. The number of hydrogen-bond donors (Lipinski definition) is 0. The van der Waals surface area contributed by atoms with Crippen LogP contribution in [0.3, 0.4) is 0 Å². The van der Waals surface area contributed by atoms with E-state index in [0.29, 0.717) is 0 Å². The zero-order valence-electron chi connectivity index (χ0n) is 23.3. The Bertz CT molecular complexity index is 708. The van der Waals surface area contributed by atoms with Crippen molar-refractivity contribution in [1.29, 1.82) is 0 Å². The molecule has 2 aromatic carbocycles. The minimum atomic E-state index is 0.276. The molecule has 0 aliphatic rings. The highest BCUT2D eigenvalue weighted by molar-refractivity contribution is 8.76. The van der Waals surface area contributed by atoms with E-state index in [2.05, 4.69) is 76.2 Å². The molecule has 0 saturated heterocycles. The van der Waals surface area contributed by atoms with Crippen molar-refractivity contribution >= 4 is 21.6 Å². The molecule has 2 unspecified atom stereocenters. The molecule has 0 amide bonds. The van der Waals surface area contributed by atoms with E-state index in [1.807, 2.05) is 0 Å². The zero-order valence-corrected chi connectivity index (χ0v) is 24.9. The minimum absolute atomic E-state index is 0.276. The Balaban J connectivity index is 1.63. The normalized spacial score (nSPS) is 12.9. The van der Waals surface area contributed by atoms with Crippen molar-refractivity contribution < 1.29 is 9.47 Å². The number of unbranched alkanes of at least 4 members (excludes halogenated alkanes) is 10. The van der Waals surface area contributed by atoms with Gasteiger partial charge in [0.15, 0.2) is 0 Å². The van der Waals surface area contributed by atoms with Crippen molar-refractivity contribution in [1.82, 2.24) is 0 Å². The highest BCUT2D eigenvalue weighted by Gasteiger charge is 2.07. The van der Waals surface area contributed by atoms with Crippen molar-refractivity contribution in [2.75, 3.05) is 0 Å². The highest BCUT2D eigenvalue weighted by atomic mass is 33.1. The predicted octanol–water partition coefficient (Wildman–Crippen LogP) is 11.5. The van der Waals surface area contributed by atoms with Gasteiger partial charge in [-0.2, -0.15) is 0 Å². The second-order valence-electron chi connectivity index (χ2n) is 10.1. The SMILES string of the molecule is CCCCCCCCC(C)Oc1ccc(SSc2ccc(OC(C)CCCCCCCC)cc2)cc1. The summed E-state index contributed by atoms with van der Waals surface area (Å²) in [5.41, 5.74) is 0. The van der Waals surface area contributed by atoms with Gasteiger partial charge in [-0.1, -0.05) is 99.6 Å². The maximum absolute atomic E-state index is 6.12. The lowest BCUT2D eigenvalue weighted by Gasteiger charge is -2.15. The van der Waals surface area contributed by atoms with Crippen LogP contribution in [0.5, 0.6) is 11.5 Å². The van der Waals surface area contributed by atoms with Crippen LogP contribution in [0.2, 0.25) is 0 Å². The van der Waals surface area contributed by atoms with Gasteiger partial charge in [-0.25, -0.2) is 0 Å². The molecule has 0 radical (unpaired) electrons. The first kappa shape index (κ1) is 31.0. The molecule has 0 bridgehead atoms. The van der Waals surface area contributed by atoms with Crippen LogP contribution in [0.1, 0.15) is 118 Å². The lowest BCUT2D eigenvalue weighted by atomic mass is 10.1. The molecule has 2 nitrogen and oxygen atoms in total. The quantitative estimate of drug-likeness (QED) is 0.118. The third-order valence-electron chi connectivity index (χ3n) is 6.48. The van der Waals surface area contributed by atoms with Gasteiger partial charge >= 0.3 is 0 Å². The number of rotatable bonds is 21. The van der Waals surface area contributed by atoms with Crippen LogP contribution < -0.4 is 9.47 Å². The Kier molecular flexibility index (Phi) is 17.0. The van der Waals surface area contributed by atoms with E-state index in [4.69, 9.17) is 9.47 Å². The maximum atomic E-state index is 6.12. The summed E-state index contributed by atoms with van der Waals surface area (Å²) in [7, 11) is 3.57. The number of ether oxygens (including phenoxy) is 2. The predicted molar refractivity (Wildman–Crippen MR) is 161 cm³/mol. The van der Waals surface area contributed by atoms with Gasteiger partial charge in [0.05, 0.1) is 12.2 Å². The van der Waals surface area contributed by atoms with Crippen LogP contribution in [-0.4, -0.2) is 12.2 Å². The monoisotopic (exact) mass is 530 g/mol. The summed E-state index contributed by atoms with van der Waals surface area (Å²) in [5.74, 6) is 1.94. The topological polar surface area (TPSA) is 18.5 Å². The molecule has 2 rings (SSSR count). The Labute approximate surface area is 230 Å². The van der Waals surface area contributed by atoms with Gasteiger partial charge in [0.2, 0.25) is 0 Å². The molecule has 36 heavy (non-hydrogen) atoms. The molecule has 0 N–H and O–H groups in total.